The van der Waals surface area contributed by atoms with Crippen molar-refractivity contribution in [3.8, 4) is 5.75 Å². The third-order valence-electron chi connectivity index (χ3n) is 10.6. The van der Waals surface area contributed by atoms with Crippen molar-refractivity contribution in [3.05, 3.63) is 71.3 Å². The molecule has 282 valence electrons. The Hall–Kier alpha value is -4.82. The van der Waals surface area contributed by atoms with E-state index in [1.807, 2.05) is 61.7 Å². The number of hydrogen-bond donors (Lipinski definition) is 3. The molecule has 14 heteroatoms. The molecule has 0 spiro atoms. The highest BCUT2D eigenvalue weighted by Crippen LogP contribution is 2.39. The Morgan fingerprint density at radius 1 is 0.943 bits per heavy atom. The molecule has 0 radical (unpaired) electrons. The Morgan fingerprint density at radius 3 is 2.45 bits per heavy atom. The summed E-state index contributed by atoms with van der Waals surface area (Å²) < 4.78 is 14.1. The summed E-state index contributed by atoms with van der Waals surface area (Å²) in [4.78, 5) is 40.3. The summed E-state index contributed by atoms with van der Waals surface area (Å²) in [7, 11) is 0. The van der Waals surface area contributed by atoms with Crippen molar-refractivity contribution in [1.82, 2.24) is 40.1 Å². The van der Waals surface area contributed by atoms with Crippen LogP contribution in [0.25, 0.3) is 5.65 Å². The van der Waals surface area contributed by atoms with Crippen molar-refractivity contribution < 1.29 is 19.1 Å². The van der Waals surface area contributed by atoms with Crippen molar-refractivity contribution >= 4 is 29.4 Å². The maximum Gasteiger partial charge on any atom is 0.320 e. The van der Waals surface area contributed by atoms with Gasteiger partial charge in [0.15, 0.2) is 5.65 Å². The molecular weight excluding hydrogens is 672 g/mol. The van der Waals surface area contributed by atoms with Crippen molar-refractivity contribution in [2.75, 3.05) is 49.6 Å². The molecule has 2 fully saturated rings. The van der Waals surface area contributed by atoms with E-state index in [4.69, 9.17) is 9.47 Å². The molecule has 3 N–H and O–H groups in total. The first-order chi connectivity index (χ1) is 25.5. The van der Waals surface area contributed by atoms with Crippen molar-refractivity contribution in [1.29, 1.82) is 0 Å². The van der Waals surface area contributed by atoms with Crippen LogP contribution in [0.2, 0.25) is 0 Å². The fourth-order valence-electron chi connectivity index (χ4n) is 7.65. The molecular formula is C39H52N10O4. The molecule has 2 saturated heterocycles. The van der Waals surface area contributed by atoms with Crippen LogP contribution in [-0.2, 0) is 10.2 Å². The van der Waals surface area contributed by atoms with Crippen LogP contribution in [0.15, 0.2) is 48.7 Å². The van der Waals surface area contributed by atoms with Crippen LogP contribution in [-0.4, -0.2) is 92.9 Å². The topological polar surface area (TPSA) is 151 Å². The Morgan fingerprint density at radius 2 is 1.70 bits per heavy atom. The fourth-order valence-corrected chi connectivity index (χ4v) is 7.65. The maximum absolute atomic E-state index is 13.5. The number of anilines is 2. The first-order valence-electron chi connectivity index (χ1n) is 19.0. The van der Waals surface area contributed by atoms with Gasteiger partial charge in [-0.1, -0.05) is 45.0 Å². The number of carbonyl (C=O) groups is 2. The molecule has 3 aliphatic rings. The number of pyridine rings is 1. The van der Waals surface area contributed by atoms with E-state index in [2.05, 4.69) is 65.8 Å². The summed E-state index contributed by atoms with van der Waals surface area (Å²) in [6, 6.07) is 13.8. The Bertz CT molecular complexity index is 1910. The monoisotopic (exact) mass is 724 g/mol. The lowest BCUT2D eigenvalue weighted by Crippen LogP contribution is -2.44. The van der Waals surface area contributed by atoms with Crippen LogP contribution in [0.4, 0.5) is 16.6 Å². The minimum absolute atomic E-state index is 0.0226. The molecule has 3 amide bonds. The minimum atomic E-state index is -0.409. The zero-order valence-electron chi connectivity index (χ0n) is 31.5. The molecule has 3 aromatic heterocycles. The molecule has 14 nitrogen and oxygen atoms in total. The van der Waals surface area contributed by atoms with Crippen LogP contribution in [0, 0.1) is 0 Å². The van der Waals surface area contributed by atoms with E-state index in [0.717, 1.165) is 54.4 Å². The van der Waals surface area contributed by atoms with E-state index in [9.17, 15) is 9.59 Å². The molecule has 2 aliphatic heterocycles. The zero-order valence-corrected chi connectivity index (χ0v) is 31.5. The van der Waals surface area contributed by atoms with Crippen LogP contribution in [0.5, 0.6) is 5.75 Å². The second-order valence-corrected chi connectivity index (χ2v) is 15.5. The van der Waals surface area contributed by atoms with Gasteiger partial charge in [0.25, 0.3) is 5.91 Å². The summed E-state index contributed by atoms with van der Waals surface area (Å²) >= 11 is 0. The minimum Gasteiger partial charge on any atom is -0.484 e. The largest absolute Gasteiger partial charge is 0.484 e. The number of hydrogen-bond acceptors (Lipinski definition) is 10. The molecule has 4 unspecified atom stereocenters. The Kier molecular flexibility index (Phi) is 10.8. The number of morpholine rings is 1. The number of urea groups is 1. The van der Waals surface area contributed by atoms with Crippen molar-refractivity contribution in [2.45, 2.75) is 96.4 Å². The zero-order chi connectivity index (χ0) is 37.1. The normalized spacial score (nSPS) is 22.2. The highest BCUT2D eigenvalue weighted by molar-refractivity contribution is 5.92. The van der Waals surface area contributed by atoms with E-state index < -0.39 is 6.03 Å². The number of benzene rings is 1. The molecule has 1 aliphatic carbocycles. The van der Waals surface area contributed by atoms with E-state index in [0.29, 0.717) is 56.9 Å². The van der Waals surface area contributed by atoms with Gasteiger partial charge in [-0.2, -0.15) is 0 Å². The molecule has 0 saturated carbocycles. The van der Waals surface area contributed by atoms with Crippen LogP contribution in [0.1, 0.15) is 106 Å². The number of carbonyl (C=O) groups excluding carboxylic acids is 2. The first-order valence-corrected chi connectivity index (χ1v) is 19.0. The average Bonchev–Trinajstić information content (AvgIpc) is 3.55. The van der Waals surface area contributed by atoms with E-state index >= 15 is 0 Å². The van der Waals surface area contributed by atoms with Gasteiger partial charge in [-0.25, -0.2) is 14.8 Å². The van der Waals surface area contributed by atoms with Crippen LogP contribution < -0.4 is 25.6 Å². The second-order valence-electron chi connectivity index (χ2n) is 15.5. The molecule has 5 heterocycles. The Labute approximate surface area is 311 Å². The summed E-state index contributed by atoms with van der Waals surface area (Å²) in [6.07, 6.45) is 6.65. The van der Waals surface area contributed by atoms with Gasteiger partial charge >= 0.3 is 6.03 Å². The lowest BCUT2D eigenvalue weighted by molar-refractivity contribution is 0.0383. The quantitative estimate of drug-likeness (QED) is 0.204. The van der Waals surface area contributed by atoms with Gasteiger partial charge in [0, 0.05) is 49.7 Å². The lowest BCUT2D eigenvalue weighted by atomic mass is 9.85. The summed E-state index contributed by atoms with van der Waals surface area (Å²) in [5.41, 5.74) is 3.09. The average molecular weight is 725 g/mol. The van der Waals surface area contributed by atoms with Gasteiger partial charge in [-0.3, -0.25) is 19.4 Å². The van der Waals surface area contributed by atoms with Crippen molar-refractivity contribution in [3.63, 3.8) is 0 Å². The smallest absolute Gasteiger partial charge is 0.320 e. The predicted molar refractivity (Wildman–Crippen MR) is 203 cm³/mol. The van der Waals surface area contributed by atoms with Gasteiger partial charge in [0.05, 0.1) is 31.1 Å². The SMILES string of the molecule is CC1CCCC(C)N1c1nnc2ccc(OC3CCC(NC(=O)Nc4cc(C(C)(C)C)nc(C(=O)NCCN5CCOCC5)n4)c4ccccc43)cn12. The standard InChI is InChI=1S/C39H52N10O4/c1-25-9-8-10-26(2)49(25)38-46-45-34-16-13-27(24-48(34)38)53-31-15-14-30(28-11-6-7-12-29(28)31)41-37(51)44-33-23-32(39(3,4)5)42-35(43-33)36(50)40-17-18-47-19-21-52-22-20-47/h6-7,11-13,16,23-26,30-31H,8-10,14-15,17-22H2,1-5H3,(H,40,50)(H2,41,42,43,44,51). The number of ether oxygens (including phenoxy) is 2. The third-order valence-corrected chi connectivity index (χ3v) is 10.6. The molecule has 1 aromatic carbocycles. The summed E-state index contributed by atoms with van der Waals surface area (Å²) in [5.74, 6) is 1.49. The molecule has 0 bridgehead atoms. The molecule has 7 rings (SSSR count). The van der Waals surface area contributed by atoms with Crippen LogP contribution in [0.3, 0.4) is 0 Å². The van der Waals surface area contributed by atoms with E-state index in [1.165, 1.54) is 6.42 Å². The number of aromatic nitrogens is 5. The number of piperidine rings is 1. The Balaban J connectivity index is 1.03. The van der Waals surface area contributed by atoms with Gasteiger partial charge in [-0.15, -0.1) is 10.2 Å². The summed E-state index contributed by atoms with van der Waals surface area (Å²) in [6.45, 7) is 14.8. The fraction of sp³-hybridized carbons (Fsp3) is 0.538. The van der Waals surface area contributed by atoms with Gasteiger partial charge in [0.2, 0.25) is 11.8 Å². The number of rotatable bonds is 9. The molecule has 4 atom stereocenters. The number of nitrogens with zero attached hydrogens (tertiary/aromatic N) is 7. The highest BCUT2D eigenvalue weighted by atomic mass is 16.5. The van der Waals surface area contributed by atoms with Gasteiger partial charge in [-0.05, 0) is 69.2 Å². The van der Waals surface area contributed by atoms with Crippen LogP contribution >= 0.6 is 0 Å². The first kappa shape index (κ1) is 36.5. The van der Waals surface area contributed by atoms with E-state index in [1.54, 1.807) is 6.07 Å². The third kappa shape index (κ3) is 8.38. The second kappa shape index (κ2) is 15.7. The highest BCUT2D eigenvalue weighted by Gasteiger charge is 2.31. The molecule has 4 aromatic rings. The van der Waals surface area contributed by atoms with Gasteiger partial charge in [0.1, 0.15) is 17.7 Å². The lowest BCUT2D eigenvalue weighted by Gasteiger charge is -2.39. The van der Waals surface area contributed by atoms with E-state index in [-0.39, 0.29) is 35.1 Å². The molecule has 53 heavy (non-hydrogen) atoms. The van der Waals surface area contributed by atoms with Crippen molar-refractivity contribution in [2.24, 2.45) is 0 Å². The number of amides is 3. The summed E-state index contributed by atoms with van der Waals surface area (Å²) in [5, 5.41) is 18.0. The predicted octanol–water partition coefficient (Wildman–Crippen LogP) is 5.42. The number of fused-ring (bicyclic) bond motifs is 2. The maximum atomic E-state index is 13.5. The van der Waals surface area contributed by atoms with Gasteiger partial charge < -0.3 is 25.0 Å². The number of nitrogens with one attached hydrogen (secondary N) is 3.